The molecule has 35 heavy (non-hydrogen) atoms. The third kappa shape index (κ3) is 7.43. The number of carbonyl (C=O) groups is 2. The van der Waals surface area contributed by atoms with E-state index in [1.54, 1.807) is 36.4 Å². The van der Waals surface area contributed by atoms with Crippen molar-refractivity contribution in [2.24, 2.45) is 0 Å². The van der Waals surface area contributed by atoms with Gasteiger partial charge in [-0.2, -0.15) is 5.26 Å². The van der Waals surface area contributed by atoms with Crippen molar-refractivity contribution in [2.75, 3.05) is 17.2 Å². The molecule has 9 heteroatoms. The van der Waals surface area contributed by atoms with Gasteiger partial charge in [-0.1, -0.05) is 23.7 Å². The van der Waals surface area contributed by atoms with E-state index in [-0.39, 0.29) is 18.1 Å². The van der Waals surface area contributed by atoms with E-state index in [9.17, 15) is 14.9 Å². The number of hydrogen-bond acceptors (Lipinski definition) is 4. The molecule has 3 aromatic rings. The van der Waals surface area contributed by atoms with Crippen LogP contribution >= 0.6 is 43.5 Å². The highest BCUT2D eigenvalue weighted by molar-refractivity contribution is 9.11. The predicted octanol–water partition coefficient (Wildman–Crippen LogP) is 7.05. The summed E-state index contributed by atoms with van der Waals surface area (Å²) in [5, 5.41) is 15.4. The second kappa shape index (κ2) is 12.0. The molecule has 6 nitrogen and oxygen atoms in total. The first-order valence-corrected chi connectivity index (χ1v) is 12.3. The van der Waals surface area contributed by atoms with Crippen LogP contribution in [0.1, 0.15) is 16.7 Å². The van der Waals surface area contributed by atoms with Crippen molar-refractivity contribution in [2.45, 2.75) is 13.8 Å². The van der Waals surface area contributed by atoms with Gasteiger partial charge in [-0.3, -0.25) is 9.59 Å². The molecule has 2 N–H and O–H groups in total. The van der Waals surface area contributed by atoms with Gasteiger partial charge in [0, 0.05) is 16.4 Å². The number of carbonyl (C=O) groups excluding carboxylic acids is 2. The number of nitriles is 1. The van der Waals surface area contributed by atoms with E-state index in [2.05, 4.69) is 42.5 Å². The van der Waals surface area contributed by atoms with E-state index in [1.165, 1.54) is 6.08 Å². The zero-order valence-corrected chi connectivity index (χ0v) is 22.7. The summed E-state index contributed by atoms with van der Waals surface area (Å²) in [5.41, 5.74) is 3.88. The fourth-order valence-electron chi connectivity index (χ4n) is 3.03. The summed E-state index contributed by atoms with van der Waals surface area (Å²) in [7, 11) is 0. The second-order valence-corrected chi connectivity index (χ2v) is 9.73. The topological polar surface area (TPSA) is 91.2 Å². The number of ether oxygens (including phenoxy) is 1. The number of aryl methyl sites for hydroxylation is 2. The first-order valence-electron chi connectivity index (χ1n) is 10.3. The number of amides is 2. The molecule has 0 aliphatic carbocycles. The van der Waals surface area contributed by atoms with Gasteiger partial charge in [-0.05, 0) is 111 Å². The molecule has 0 atom stereocenters. The van der Waals surface area contributed by atoms with Gasteiger partial charge in [0.25, 0.3) is 11.8 Å². The summed E-state index contributed by atoms with van der Waals surface area (Å²) in [4.78, 5) is 24.9. The Balaban J connectivity index is 1.69. The van der Waals surface area contributed by atoms with Crippen molar-refractivity contribution < 1.29 is 14.3 Å². The molecule has 0 fully saturated rings. The third-order valence-electron chi connectivity index (χ3n) is 4.92. The third-order valence-corrected chi connectivity index (χ3v) is 6.33. The molecular weight excluding hydrogens is 598 g/mol. The molecule has 3 rings (SSSR count). The Bertz CT molecular complexity index is 1340. The van der Waals surface area contributed by atoms with E-state index in [0.29, 0.717) is 36.7 Å². The van der Waals surface area contributed by atoms with Crippen LogP contribution in [0.3, 0.4) is 0 Å². The quantitative estimate of drug-likeness (QED) is 0.220. The molecule has 0 saturated heterocycles. The van der Waals surface area contributed by atoms with E-state index in [0.717, 1.165) is 11.1 Å². The van der Waals surface area contributed by atoms with Gasteiger partial charge in [-0.15, -0.1) is 0 Å². The van der Waals surface area contributed by atoms with Crippen LogP contribution in [0.15, 0.2) is 69.1 Å². The largest absolute Gasteiger partial charge is 0.481 e. The first kappa shape index (κ1) is 26.5. The maximum Gasteiger partial charge on any atom is 0.266 e. The Morgan fingerprint density at radius 2 is 1.69 bits per heavy atom. The molecule has 0 spiro atoms. The van der Waals surface area contributed by atoms with E-state index < -0.39 is 5.91 Å². The number of nitrogens with one attached hydrogen (secondary N) is 2. The van der Waals surface area contributed by atoms with Crippen molar-refractivity contribution in [1.82, 2.24) is 0 Å². The monoisotopic (exact) mass is 615 g/mol. The highest BCUT2D eigenvalue weighted by Crippen LogP contribution is 2.35. The maximum absolute atomic E-state index is 12.5. The Morgan fingerprint density at radius 3 is 2.31 bits per heavy atom. The van der Waals surface area contributed by atoms with Crippen molar-refractivity contribution in [1.29, 1.82) is 5.26 Å². The lowest BCUT2D eigenvalue weighted by Crippen LogP contribution is -2.20. The average molecular weight is 618 g/mol. The lowest BCUT2D eigenvalue weighted by molar-refractivity contribution is -0.118. The molecule has 0 radical (unpaired) electrons. The van der Waals surface area contributed by atoms with Crippen molar-refractivity contribution in [3.05, 3.63) is 90.8 Å². The SMILES string of the molecule is Cc1ccc(NC(=O)COc2c(Br)cc(/C=C(/C#N)C(=O)Nc3cccc(Cl)c3)cc2Br)cc1C. The minimum absolute atomic E-state index is 0.0924. The maximum atomic E-state index is 12.5. The Hall–Kier alpha value is -3.12. The number of nitrogens with zero attached hydrogens (tertiary/aromatic N) is 1. The smallest absolute Gasteiger partial charge is 0.266 e. The molecule has 0 saturated carbocycles. The zero-order valence-electron chi connectivity index (χ0n) is 18.8. The molecular formula is C26H20Br2ClN3O3. The summed E-state index contributed by atoms with van der Waals surface area (Å²) >= 11 is 12.8. The molecule has 3 aromatic carbocycles. The number of anilines is 2. The molecule has 0 aliphatic rings. The normalized spacial score (nSPS) is 10.9. The standard InChI is InChI=1S/C26H20Br2ClN3O3/c1-15-6-7-21(8-16(15)2)31-24(33)14-35-25-22(27)10-17(11-23(25)28)9-18(13-30)26(34)32-20-5-3-4-19(29)12-20/h3-12H,14H2,1-2H3,(H,31,33)(H,32,34)/b18-9-. The van der Waals surface area contributed by atoms with Crippen LogP contribution in [0.5, 0.6) is 5.75 Å². The van der Waals surface area contributed by atoms with E-state index >= 15 is 0 Å². The fraction of sp³-hybridized carbons (Fsp3) is 0.115. The van der Waals surface area contributed by atoms with Gasteiger partial charge < -0.3 is 15.4 Å². The predicted molar refractivity (Wildman–Crippen MR) is 146 cm³/mol. The van der Waals surface area contributed by atoms with E-state index in [1.807, 2.05) is 38.1 Å². The van der Waals surface area contributed by atoms with Gasteiger partial charge in [0.05, 0.1) is 8.95 Å². The van der Waals surface area contributed by atoms with E-state index in [4.69, 9.17) is 16.3 Å². The van der Waals surface area contributed by atoms with Gasteiger partial charge in [0.15, 0.2) is 6.61 Å². The number of hydrogen-bond donors (Lipinski definition) is 2. The lowest BCUT2D eigenvalue weighted by atomic mass is 10.1. The van der Waals surface area contributed by atoms with Crippen LogP contribution in [0, 0.1) is 25.2 Å². The highest BCUT2D eigenvalue weighted by Gasteiger charge is 2.14. The summed E-state index contributed by atoms with van der Waals surface area (Å²) in [6, 6.07) is 17.6. The molecule has 2 amide bonds. The highest BCUT2D eigenvalue weighted by atomic mass is 79.9. The molecule has 0 aliphatic heterocycles. The van der Waals surface area contributed by atoms with Gasteiger partial charge in [-0.25, -0.2) is 0 Å². The zero-order chi connectivity index (χ0) is 25.5. The van der Waals surface area contributed by atoms with Crippen molar-refractivity contribution in [3.63, 3.8) is 0 Å². The van der Waals surface area contributed by atoms with Crippen LogP contribution in [0.25, 0.3) is 6.08 Å². The fourth-order valence-corrected chi connectivity index (χ4v) is 4.68. The van der Waals surface area contributed by atoms with Crippen molar-refractivity contribution >= 4 is 72.7 Å². The van der Waals surface area contributed by atoms with Crippen LogP contribution in [0.4, 0.5) is 11.4 Å². The summed E-state index contributed by atoms with van der Waals surface area (Å²) in [6.45, 7) is 3.78. The van der Waals surface area contributed by atoms with Gasteiger partial charge in [0.2, 0.25) is 0 Å². The van der Waals surface area contributed by atoms with Gasteiger partial charge >= 0.3 is 0 Å². The van der Waals surface area contributed by atoms with Crippen LogP contribution in [0.2, 0.25) is 5.02 Å². The molecule has 0 heterocycles. The summed E-state index contributed by atoms with van der Waals surface area (Å²) in [6.07, 6.45) is 1.45. The minimum atomic E-state index is -0.564. The van der Waals surface area contributed by atoms with Crippen molar-refractivity contribution in [3.8, 4) is 11.8 Å². The molecule has 0 unspecified atom stereocenters. The molecule has 0 aromatic heterocycles. The van der Waals surface area contributed by atoms with Crippen LogP contribution in [-0.2, 0) is 9.59 Å². The number of halogens is 3. The Labute approximate surface area is 225 Å². The van der Waals surface area contributed by atoms with Crippen LogP contribution < -0.4 is 15.4 Å². The number of rotatable bonds is 7. The average Bonchev–Trinajstić information content (AvgIpc) is 2.79. The Kier molecular flexibility index (Phi) is 9.10. The van der Waals surface area contributed by atoms with Gasteiger partial charge in [0.1, 0.15) is 17.4 Å². The number of benzene rings is 3. The second-order valence-electron chi connectivity index (χ2n) is 7.58. The first-order chi connectivity index (χ1) is 16.7. The summed E-state index contributed by atoms with van der Waals surface area (Å²) in [5.74, 6) is -0.454. The molecule has 0 bridgehead atoms. The lowest BCUT2D eigenvalue weighted by Gasteiger charge is -2.12. The summed E-state index contributed by atoms with van der Waals surface area (Å²) < 4.78 is 6.79. The van der Waals surface area contributed by atoms with Crippen LogP contribution in [-0.4, -0.2) is 18.4 Å². The minimum Gasteiger partial charge on any atom is -0.481 e. The molecule has 178 valence electrons. The Morgan fingerprint density at radius 1 is 1.00 bits per heavy atom.